The Bertz CT molecular complexity index is 1610. The Labute approximate surface area is 177 Å². The van der Waals surface area contributed by atoms with Crippen molar-refractivity contribution in [1.82, 2.24) is 9.55 Å². The summed E-state index contributed by atoms with van der Waals surface area (Å²) in [5, 5.41) is 5.30. The average molecular weight is 401 g/mol. The number of hydrogen-bond donors (Lipinski definition) is 0. The summed E-state index contributed by atoms with van der Waals surface area (Å²) in [5.41, 5.74) is 6.24. The number of para-hydroxylation sites is 2. The van der Waals surface area contributed by atoms with E-state index in [9.17, 15) is 0 Å². The zero-order chi connectivity index (χ0) is 19.7. The molecule has 0 unspecified atom stereocenters. The third-order valence-corrected chi connectivity index (χ3v) is 7.17. The maximum Gasteiger partial charge on any atom is 0.0553 e. The van der Waals surface area contributed by atoms with Crippen LogP contribution < -0.4 is 0 Å². The van der Waals surface area contributed by atoms with E-state index in [0.717, 1.165) is 0 Å². The van der Waals surface area contributed by atoms with E-state index in [1.54, 1.807) is 0 Å². The lowest BCUT2D eigenvalue weighted by Gasteiger charge is -2.20. The van der Waals surface area contributed by atoms with Crippen molar-refractivity contribution in [1.29, 1.82) is 0 Å². The third kappa shape index (κ3) is 2.08. The van der Waals surface area contributed by atoms with Crippen LogP contribution in [0, 0.1) is 0 Å². The lowest BCUT2D eigenvalue weighted by molar-refractivity contribution is 1.18. The molecular formula is C27H16N2S. The van der Waals surface area contributed by atoms with Crippen molar-refractivity contribution in [2.75, 3.05) is 0 Å². The fraction of sp³-hybridized carbons (Fsp3) is 0. The molecule has 3 heteroatoms. The van der Waals surface area contributed by atoms with Gasteiger partial charge in [-0.15, -0.1) is 0 Å². The summed E-state index contributed by atoms with van der Waals surface area (Å²) in [7, 11) is 0. The molecule has 3 heterocycles. The molecule has 0 aliphatic carbocycles. The molecule has 0 saturated heterocycles. The van der Waals surface area contributed by atoms with Crippen LogP contribution in [-0.4, -0.2) is 9.55 Å². The van der Waals surface area contributed by atoms with Crippen molar-refractivity contribution < 1.29 is 0 Å². The van der Waals surface area contributed by atoms with Gasteiger partial charge in [0, 0.05) is 44.0 Å². The molecule has 7 rings (SSSR count). The minimum absolute atomic E-state index is 1.19. The Morgan fingerprint density at radius 3 is 2.40 bits per heavy atom. The molecule has 1 aliphatic rings. The second-order valence-corrected chi connectivity index (χ2v) is 8.74. The average Bonchev–Trinajstić information content (AvgIpc) is 3.14. The molecule has 30 heavy (non-hydrogen) atoms. The van der Waals surface area contributed by atoms with Crippen LogP contribution in [0.1, 0.15) is 0 Å². The first-order valence-corrected chi connectivity index (χ1v) is 10.9. The fourth-order valence-corrected chi connectivity index (χ4v) is 5.97. The van der Waals surface area contributed by atoms with Gasteiger partial charge in [0.1, 0.15) is 0 Å². The van der Waals surface area contributed by atoms with Gasteiger partial charge in [0.15, 0.2) is 0 Å². The molecule has 6 aromatic rings. The van der Waals surface area contributed by atoms with E-state index in [1.807, 2.05) is 24.2 Å². The highest BCUT2D eigenvalue weighted by atomic mass is 32.2. The molecule has 0 fully saturated rings. The Balaban J connectivity index is 1.76. The Hall–Kier alpha value is -3.56. The number of rotatable bonds is 1. The monoisotopic (exact) mass is 400 g/mol. The number of nitrogens with zero attached hydrogens (tertiary/aromatic N) is 2. The Morgan fingerprint density at radius 2 is 1.47 bits per heavy atom. The largest absolute Gasteiger partial charge is 0.309 e. The highest BCUT2D eigenvalue weighted by Crippen LogP contribution is 2.50. The first-order valence-electron chi connectivity index (χ1n) is 10.1. The van der Waals surface area contributed by atoms with Crippen molar-refractivity contribution >= 4 is 44.3 Å². The van der Waals surface area contributed by atoms with E-state index in [0.29, 0.717) is 0 Å². The molecule has 0 bridgehead atoms. The molecule has 0 amide bonds. The summed E-state index contributed by atoms with van der Waals surface area (Å²) >= 11 is 1.82. The number of fused-ring (bicyclic) bond motifs is 6. The summed E-state index contributed by atoms with van der Waals surface area (Å²) in [6.45, 7) is 0. The van der Waals surface area contributed by atoms with Crippen molar-refractivity contribution in [2.45, 2.75) is 9.79 Å². The SMILES string of the molecule is c1ccc(-n2c3ccccc3c3c4cccc5c4c(cc32)-c2ccncc2S5)cc1. The highest BCUT2D eigenvalue weighted by Gasteiger charge is 2.23. The standard InChI is InChI=1S/C27H16N2S/c1-2-7-17(8-3-1)29-22-11-5-4-9-19(22)26-20-10-6-12-24-27(20)21(15-23(26)29)18-13-14-28-16-25(18)30-24/h1-16H. The zero-order valence-corrected chi connectivity index (χ0v) is 16.9. The second kappa shape index (κ2) is 5.97. The van der Waals surface area contributed by atoms with Crippen LogP contribution in [0.15, 0.2) is 107 Å². The molecule has 1 aliphatic heterocycles. The van der Waals surface area contributed by atoms with Gasteiger partial charge in [0.05, 0.1) is 11.0 Å². The molecule has 0 spiro atoms. The molecule has 2 nitrogen and oxygen atoms in total. The predicted molar refractivity (Wildman–Crippen MR) is 126 cm³/mol. The van der Waals surface area contributed by atoms with E-state index < -0.39 is 0 Å². The smallest absolute Gasteiger partial charge is 0.0553 e. The Morgan fingerprint density at radius 1 is 0.633 bits per heavy atom. The summed E-state index contributed by atoms with van der Waals surface area (Å²) < 4.78 is 2.40. The van der Waals surface area contributed by atoms with Crippen LogP contribution in [-0.2, 0) is 0 Å². The molecule has 0 N–H and O–H groups in total. The zero-order valence-electron chi connectivity index (χ0n) is 16.0. The maximum atomic E-state index is 4.37. The van der Waals surface area contributed by atoms with Crippen molar-refractivity contribution in [3.05, 3.63) is 97.3 Å². The molecule has 4 aromatic carbocycles. The predicted octanol–water partition coefficient (Wildman–Crippen LogP) is 7.46. The van der Waals surface area contributed by atoms with Crippen molar-refractivity contribution in [3.8, 4) is 16.8 Å². The minimum atomic E-state index is 1.19. The number of hydrogen-bond acceptors (Lipinski definition) is 2. The lowest BCUT2D eigenvalue weighted by atomic mass is 9.95. The van der Waals surface area contributed by atoms with E-state index in [-0.39, 0.29) is 0 Å². The van der Waals surface area contributed by atoms with Crippen LogP contribution >= 0.6 is 11.8 Å². The van der Waals surface area contributed by atoms with Crippen LogP contribution in [0.2, 0.25) is 0 Å². The number of pyridine rings is 1. The van der Waals surface area contributed by atoms with Crippen molar-refractivity contribution in [3.63, 3.8) is 0 Å². The number of aromatic nitrogens is 2. The van der Waals surface area contributed by atoms with E-state index in [1.165, 1.54) is 59.2 Å². The van der Waals surface area contributed by atoms with E-state index in [2.05, 4.69) is 94.5 Å². The maximum absolute atomic E-state index is 4.37. The highest BCUT2D eigenvalue weighted by molar-refractivity contribution is 7.99. The normalized spacial score (nSPS) is 12.5. The van der Waals surface area contributed by atoms with Crippen LogP contribution in [0.3, 0.4) is 0 Å². The van der Waals surface area contributed by atoms with E-state index in [4.69, 9.17) is 0 Å². The lowest BCUT2D eigenvalue weighted by Crippen LogP contribution is -1.96. The quantitative estimate of drug-likeness (QED) is 0.284. The molecule has 0 atom stereocenters. The summed E-state index contributed by atoms with van der Waals surface area (Å²) in [6, 6.07) is 30.6. The van der Waals surface area contributed by atoms with Crippen LogP contribution in [0.5, 0.6) is 0 Å². The van der Waals surface area contributed by atoms with Crippen LogP contribution in [0.4, 0.5) is 0 Å². The summed E-state index contributed by atoms with van der Waals surface area (Å²) in [5.74, 6) is 0. The van der Waals surface area contributed by atoms with Gasteiger partial charge < -0.3 is 4.57 Å². The minimum Gasteiger partial charge on any atom is -0.309 e. The third-order valence-electron chi connectivity index (χ3n) is 6.07. The van der Waals surface area contributed by atoms with Gasteiger partial charge in [-0.2, -0.15) is 0 Å². The first-order chi connectivity index (χ1) is 14.9. The molecule has 0 saturated carbocycles. The fourth-order valence-electron chi connectivity index (χ4n) is 4.86. The Kier molecular flexibility index (Phi) is 3.24. The topological polar surface area (TPSA) is 17.8 Å². The van der Waals surface area contributed by atoms with E-state index >= 15 is 0 Å². The van der Waals surface area contributed by atoms with Crippen LogP contribution in [0.25, 0.3) is 49.4 Å². The molecular weight excluding hydrogens is 384 g/mol. The van der Waals surface area contributed by atoms with Gasteiger partial charge in [-0.25, -0.2) is 0 Å². The first kappa shape index (κ1) is 16.3. The summed E-state index contributed by atoms with van der Waals surface area (Å²) in [4.78, 5) is 6.90. The molecule has 140 valence electrons. The molecule has 0 radical (unpaired) electrons. The van der Waals surface area contributed by atoms with Gasteiger partial charge in [-0.1, -0.05) is 60.3 Å². The molecule has 2 aromatic heterocycles. The van der Waals surface area contributed by atoms with Gasteiger partial charge in [-0.3, -0.25) is 4.98 Å². The van der Waals surface area contributed by atoms with Gasteiger partial charge >= 0.3 is 0 Å². The van der Waals surface area contributed by atoms with Crippen molar-refractivity contribution in [2.24, 2.45) is 0 Å². The number of benzene rings is 4. The van der Waals surface area contributed by atoms with Gasteiger partial charge in [0.2, 0.25) is 0 Å². The summed E-state index contributed by atoms with van der Waals surface area (Å²) in [6.07, 6.45) is 3.88. The second-order valence-electron chi connectivity index (χ2n) is 7.66. The van der Waals surface area contributed by atoms with Gasteiger partial charge in [0.25, 0.3) is 0 Å². The van der Waals surface area contributed by atoms with Gasteiger partial charge in [-0.05, 0) is 52.9 Å².